The molecule has 8 aromatic carbocycles. The molecule has 0 aromatic heterocycles. The van der Waals surface area contributed by atoms with Crippen molar-refractivity contribution in [2.45, 2.75) is 38.5 Å². The summed E-state index contributed by atoms with van der Waals surface area (Å²) in [5.41, 5.74) is 6.30. The standard InChI is InChI=1S/C60H43N3O5/c1-6-40-7-25-56(35-44(40)38-62)67-54-31-17-48(18-32-54)59(2,3)46-13-27-52(28-14-46)65-50-21-8-41(9-22-50)58(64)42-10-23-51(24-11-42)66-53-29-15-47(16-30-53)60(4,5)49-19-33-55(34-20-49)68-57-26-12-43(37-61)45(36-57)39-63/h1,7-36H,2-5H3. The molecule has 0 heterocycles. The van der Waals surface area contributed by atoms with Crippen molar-refractivity contribution in [1.82, 2.24) is 0 Å². The van der Waals surface area contributed by atoms with Gasteiger partial charge in [0.25, 0.3) is 0 Å². The Morgan fingerprint density at radius 1 is 0.368 bits per heavy atom. The number of terminal acetylenes is 1. The third kappa shape index (κ3) is 9.97. The summed E-state index contributed by atoms with van der Waals surface area (Å²) < 4.78 is 24.3. The zero-order valence-electron chi connectivity index (χ0n) is 37.8. The molecule has 0 aliphatic carbocycles. The molecule has 0 saturated heterocycles. The quantitative estimate of drug-likeness (QED) is 0.0780. The fourth-order valence-corrected chi connectivity index (χ4v) is 7.73. The molecule has 0 fully saturated rings. The third-order valence-corrected chi connectivity index (χ3v) is 12.0. The lowest BCUT2D eigenvalue weighted by Crippen LogP contribution is -2.18. The summed E-state index contributed by atoms with van der Waals surface area (Å²) in [5.74, 6) is 7.24. The fraction of sp³-hybridized carbons (Fsp3) is 0.100. The van der Waals surface area contributed by atoms with E-state index in [1.807, 2.05) is 109 Å². The first-order valence-electron chi connectivity index (χ1n) is 21.7. The molecule has 0 saturated carbocycles. The van der Waals surface area contributed by atoms with Gasteiger partial charge in [-0.2, -0.15) is 15.8 Å². The molecule has 68 heavy (non-hydrogen) atoms. The summed E-state index contributed by atoms with van der Waals surface area (Å²) in [6.07, 6.45) is 5.49. The van der Waals surface area contributed by atoms with E-state index in [-0.39, 0.29) is 22.2 Å². The van der Waals surface area contributed by atoms with Crippen LogP contribution in [0.4, 0.5) is 0 Å². The number of carbonyl (C=O) groups is 1. The van der Waals surface area contributed by atoms with Crippen LogP contribution in [0.25, 0.3) is 0 Å². The van der Waals surface area contributed by atoms with Crippen LogP contribution in [-0.4, -0.2) is 5.78 Å². The van der Waals surface area contributed by atoms with Gasteiger partial charge in [0, 0.05) is 27.5 Å². The summed E-state index contributed by atoms with van der Waals surface area (Å²) in [4.78, 5) is 13.4. The van der Waals surface area contributed by atoms with E-state index in [0.717, 1.165) is 22.3 Å². The summed E-state index contributed by atoms with van der Waals surface area (Å²) in [6, 6.07) is 61.9. The molecular formula is C60H43N3O5. The smallest absolute Gasteiger partial charge is 0.193 e. The Morgan fingerprint density at radius 2 is 0.618 bits per heavy atom. The van der Waals surface area contributed by atoms with E-state index in [1.165, 1.54) is 0 Å². The van der Waals surface area contributed by atoms with Gasteiger partial charge in [-0.3, -0.25) is 4.79 Å². The molecule has 8 nitrogen and oxygen atoms in total. The van der Waals surface area contributed by atoms with Crippen molar-refractivity contribution >= 4 is 5.78 Å². The van der Waals surface area contributed by atoms with E-state index in [2.05, 4.69) is 39.7 Å². The summed E-state index contributed by atoms with van der Waals surface area (Å²) in [6.45, 7) is 8.61. The molecule has 0 aliphatic heterocycles. The highest BCUT2D eigenvalue weighted by Gasteiger charge is 2.25. The highest BCUT2D eigenvalue weighted by Crippen LogP contribution is 2.37. The second-order valence-electron chi connectivity index (χ2n) is 17.0. The first-order chi connectivity index (χ1) is 32.9. The van der Waals surface area contributed by atoms with Crippen LogP contribution in [0.15, 0.2) is 182 Å². The van der Waals surface area contributed by atoms with E-state index >= 15 is 0 Å². The van der Waals surface area contributed by atoms with E-state index in [4.69, 9.17) is 25.4 Å². The van der Waals surface area contributed by atoms with Gasteiger partial charge in [-0.25, -0.2) is 0 Å². The number of rotatable bonds is 14. The molecule has 8 aromatic rings. The fourth-order valence-electron chi connectivity index (χ4n) is 7.73. The number of hydrogen-bond donors (Lipinski definition) is 0. The maximum atomic E-state index is 13.4. The number of hydrogen-bond acceptors (Lipinski definition) is 8. The number of ketones is 1. The Bertz CT molecular complexity index is 3070. The van der Waals surface area contributed by atoms with Gasteiger partial charge in [-0.15, -0.1) is 6.42 Å². The normalized spacial score (nSPS) is 10.9. The van der Waals surface area contributed by atoms with Crippen molar-refractivity contribution in [3.8, 4) is 76.5 Å². The molecule has 0 atom stereocenters. The van der Waals surface area contributed by atoms with Crippen molar-refractivity contribution in [2.75, 3.05) is 0 Å². The lowest BCUT2D eigenvalue weighted by Gasteiger charge is -2.26. The average molecular weight is 886 g/mol. The van der Waals surface area contributed by atoms with E-state index in [9.17, 15) is 20.6 Å². The molecule has 8 heteroatoms. The summed E-state index contributed by atoms with van der Waals surface area (Å²) in [5, 5.41) is 27.9. The zero-order chi connectivity index (χ0) is 47.8. The maximum absolute atomic E-state index is 13.4. The van der Waals surface area contributed by atoms with Crippen LogP contribution in [0.3, 0.4) is 0 Å². The number of nitrogens with zero attached hydrogens (tertiary/aromatic N) is 3. The number of carbonyl (C=O) groups excluding carboxylic acids is 1. The van der Waals surface area contributed by atoms with Crippen molar-refractivity contribution in [2.24, 2.45) is 0 Å². The summed E-state index contributed by atoms with van der Waals surface area (Å²) in [7, 11) is 0. The van der Waals surface area contributed by atoms with Gasteiger partial charge < -0.3 is 18.9 Å². The van der Waals surface area contributed by atoms with Gasteiger partial charge in [0.15, 0.2) is 5.78 Å². The van der Waals surface area contributed by atoms with Crippen LogP contribution in [0.5, 0.6) is 46.0 Å². The Hall–Kier alpha value is -9.34. The van der Waals surface area contributed by atoms with Crippen molar-refractivity contribution in [1.29, 1.82) is 15.8 Å². The third-order valence-electron chi connectivity index (χ3n) is 12.0. The minimum absolute atomic E-state index is 0.116. The molecule has 0 bridgehead atoms. The van der Waals surface area contributed by atoms with Crippen LogP contribution in [0.2, 0.25) is 0 Å². The maximum Gasteiger partial charge on any atom is 0.193 e. The molecule has 0 radical (unpaired) electrons. The van der Waals surface area contributed by atoms with Crippen LogP contribution in [-0.2, 0) is 10.8 Å². The van der Waals surface area contributed by atoms with Gasteiger partial charge in [0.05, 0.1) is 16.7 Å². The number of ether oxygens (including phenoxy) is 4. The van der Waals surface area contributed by atoms with Crippen molar-refractivity contribution in [3.05, 3.63) is 238 Å². The molecule has 0 N–H and O–H groups in total. The predicted octanol–water partition coefficient (Wildman–Crippen LogP) is 14.3. The van der Waals surface area contributed by atoms with Gasteiger partial charge in [-0.1, -0.05) is 82.1 Å². The Labute approximate surface area is 396 Å². The largest absolute Gasteiger partial charge is 0.457 e. The number of nitriles is 3. The molecule has 328 valence electrons. The average Bonchev–Trinajstić information content (AvgIpc) is 3.37. The van der Waals surface area contributed by atoms with Gasteiger partial charge >= 0.3 is 0 Å². The van der Waals surface area contributed by atoms with Crippen molar-refractivity contribution in [3.63, 3.8) is 0 Å². The van der Waals surface area contributed by atoms with Crippen LogP contribution in [0.1, 0.15) is 88.1 Å². The van der Waals surface area contributed by atoms with E-state index in [0.29, 0.717) is 73.8 Å². The summed E-state index contributed by atoms with van der Waals surface area (Å²) >= 11 is 0. The molecule has 0 unspecified atom stereocenters. The van der Waals surface area contributed by atoms with Crippen molar-refractivity contribution < 1.29 is 23.7 Å². The van der Waals surface area contributed by atoms with E-state index in [1.54, 1.807) is 84.9 Å². The van der Waals surface area contributed by atoms with Gasteiger partial charge in [-0.05, 0) is 156 Å². The topological polar surface area (TPSA) is 125 Å². The Balaban J connectivity index is 0.831. The van der Waals surface area contributed by atoms with Gasteiger partial charge in [0.1, 0.15) is 64.2 Å². The van der Waals surface area contributed by atoms with Gasteiger partial charge in [0.2, 0.25) is 0 Å². The van der Waals surface area contributed by atoms with E-state index < -0.39 is 0 Å². The zero-order valence-corrected chi connectivity index (χ0v) is 37.8. The second-order valence-corrected chi connectivity index (χ2v) is 17.0. The minimum Gasteiger partial charge on any atom is -0.457 e. The van der Waals surface area contributed by atoms with Crippen LogP contribution < -0.4 is 18.9 Å². The highest BCUT2D eigenvalue weighted by atomic mass is 16.5. The lowest BCUT2D eigenvalue weighted by atomic mass is 9.78. The second kappa shape index (κ2) is 19.4. The van der Waals surface area contributed by atoms with Crippen LogP contribution >= 0.6 is 0 Å². The minimum atomic E-state index is -0.325. The lowest BCUT2D eigenvalue weighted by molar-refractivity contribution is 0.103. The Morgan fingerprint density at radius 3 is 0.912 bits per heavy atom. The molecule has 0 amide bonds. The number of benzene rings is 8. The molecule has 8 rings (SSSR count). The highest BCUT2D eigenvalue weighted by molar-refractivity contribution is 6.09. The Kier molecular flexibility index (Phi) is 12.9. The predicted molar refractivity (Wildman–Crippen MR) is 262 cm³/mol. The molecule has 0 aliphatic rings. The molecular weight excluding hydrogens is 843 g/mol. The SMILES string of the molecule is C#Cc1ccc(Oc2ccc(C(C)(C)c3ccc(Oc4ccc(C(=O)c5ccc(Oc6ccc(C(C)(C)c7ccc(Oc8ccc(C#N)c(C#N)c8)cc7)cc6)cc5)cc4)cc3)cc2)cc1C#N. The molecule has 0 spiro atoms. The monoisotopic (exact) mass is 885 g/mol. The first kappa shape index (κ1) is 45.2. The first-order valence-corrected chi connectivity index (χ1v) is 21.7. The van der Waals surface area contributed by atoms with Crippen LogP contribution in [0, 0.1) is 46.3 Å².